The van der Waals surface area contributed by atoms with E-state index in [1.807, 2.05) is 6.07 Å². The van der Waals surface area contributed by atoms with Crippen LogP contribution in [0.5, 0.6) is 0 Å². The van der Waals surface area contributed by atoms with Crippen molar-refractivity contribution in [2.75, 3.05) is 19.6 Å². The summed E-state index contributed by atoms with van der Waals surface area (Å²) in [6, 6.07) is 11.0. The second-order valence-corrected chi connectivity index (χ2v) is 6.28. The lowest BCUT2D eigenvalue weighted by Gasteiger charge is -2.44. The van der Waals surface area contributed by atoms with Crippen LogP contribution in [-0.4, -0.2) is 47.4 Å². The van der Waals surface area contributed by atoms with Gasteiger partial charge in [-0.3, -0.25) is 9.69 Å². The summed E-state index contributed by atoms with van der Waals surface area (Å²) < 4.78 is 0. The van der Waals surface area contributed by atoms with Gasteiger partial charge >= 0.3 is 0 Å². The number of hydrogen-bond acceptors (Lipinski definition) is 2. The van der Waals surface area contributed by atoms with E-state index >= 15 is 0 Å². The zero-order valence-electron chi connectivity index (χ0n) is 14.0. The molecule has 1 aliphatic heterocycles. The van der Waals surface area contributed by atoms with Crippen LogP contribution in [0.15, 0.2) is 36.4 Å². The summed E-state index contributed by atoms with van der Waals surface area (Å²) in [4.78, 5) is 16.7. The predicted molar refractivity (Wildman–Crippen MR) is 92.6 cm³/mol. The lowest BCUT2D eigenvalue weighted by Crippen LogP contribution is -2.58. The molecule has 1 saturated heterocycles. The van der Waals surface area contributed by atoms with Gasteiger partial charge in [-0.05, 0) is 25.8 Å². The molecule has 120 valence electrons. The Morgan fingerprint density at radius 3 is 2.41 bits per heavy atom. The van der Waals surface area contributed by atoms with Gasteiger partial charge in [0.05, 0.1) is 0 Å². The molecule has 1 aromatic carbocycles. The molecule has 0 spiro atoms. The van der Waals surface area contributed by atoms with E-state index in [-0.39, 0.29) is 0 Å². The molecular weight excluding hydrogens is 272 g/mol. The van der Waals surface area contributed by atoms with Crippen molar-refractivity contribution in [3.63, 3.8) is 0 Å². The van der Waals surface area contributed by atoms with Crippen molar-refractivity contribution in [2.45, 2.75) is 45.7 Å². The SMILES string of the molecule is CCCC(=O)N1C(C)CN(C/C=C/c2ccccc2)CC1C. The maximum atomic E-state index is 12.2. The van der Waals surface area contributed by atoms with Crippen LogP contribution in [0.1, 0.15) is 39.2 Å². The van der Waals surface area contributed by atoms with Gasteiger partial charge in [-0.25, -0.2) is 0 Å². The minimum Gasteiger partial charge on any atom is -0.335 e. The highest BCUT2D eigenvalue weighted by atomic mass is 16.2. The van der Waals surface area contributed by atoms with Crippen LogP contribution >= 0.6 is 0 Å². The van der Waals surface area contributed by atoms with E-state index in [0.29, 0.717) is 24.4 Å². The molecular formula is C19H28N2O. The molecule has 22 heavy (non-hydrogen) atoms. The minimum atomic E-state index is 0.299. The van der Waals surface area contributed by atoms with Crippen LogP contribution in [0.25, 0.3) is 6.08 Å². The number of carbonyl (C=O) groups is 1. The molecule has 1 heterocycles. The fourth-order valence-corrected chi connectivity index (χ4v) is 3.32. The van der Waals surface area contributed by atoms with Gasteiger partial charge in [-0.2, -0.15) is 0 Å². The first kappa shape index (κ1) is 16.8. The Balaban J connectivity index is 1.88. The zero-order valence-corrected chi connectivity index (χ0v) is 14.0. The van der Waals surface area contributed by atoms with Crippen LogP contribution < -0.4 is 0 Å². The van der Waals surface area contributed by atoms with Crippen LogP contribution in [0.2, 0.25) is 0 Å². The van der Waals surface area contributed by atoms with Gasteiger partial charge in [0, 0.05) is 38.1 Å². The minimum absolute atomic E-state index is 0.299. The molecule has 2 atom stereocenters. The monoisotopic (exact) mass is 300 g/mol. The molecule has 0 N–H and O–H groups in total. The van der Waals surface area contributed by atoms with Crippen molar-refractivity contribution < 1.29 is 4.79 Å². The zero-order chi connectivity index (χ0) is 15.9. The molecule has 0 aromatic heterocycles. The Kier molecular flexibility index (Phi) is 6.20. The number of amides is 1. The average molecular weight is 300 g/mol. The average Bonchev–Trinajstić information content (AvgIpc) is 2.48. The third kappa shape index (κ3) is 4.44. The van der Waals surface area contributed by atoms with Crippen molar-refractivity contribution in [3.05, 3.63) is 42.0 Å². The number of nitrogens with zero attached hydrogens (tertiary/aromatic N) is 2. The Bertz CT molecular complexity index is 485. The van der Waals surface area contributed by atoms with Crippen molar-refractivity contribution in [2.24, 2.45) is 0 Å². The van der Waals surface area contributed by atoms with Gasteiger partial charge in [0.2, 0.25) is 5.91 Å². The van der Waals surface area contributed by atoms with Crippen molar-refractivity contribution in [1.82, 2.24) is 9.80 Å². The van der Waals surface area contributed by atoms with Crippen molar-refractivity contribution in [3.8, 4) is 0 Å². The Hall–Kier alpha value is -1.61. The summed E-state index contributed by atoms with van der Waals surface area (Å²) >= 11 is 0. The van der Waals surface area contributed by atoms with Gasteiger partial charge in [0.1, 0.15) is 0 Å². The van der Waals surface area contributed by atoms with E-state index in [4.69, 9.17) is 0 Å². The van der Waals surface area contributed by atoms with Crippen LogP contribution in [0.3, 0.4) is 0 Å². The largest absolute Gasteiger partial charge is 0.335 e. The number of benzene rings is 1. The van der Waals surface area contributed by atoms with Gasteiger partial charge < -0.3 is 4.90 Å². The molecule has 2 unspecified atom stereocenters. The molecule has 3 heteroatoms. The molecule has 1 amide bonds. The molecule has 0 saturated carbocycles. The molecule has 1 aliphatic rings. The molecule has 1 aromatic rings. The molecule has 1 fully saturated rings. The van der Waals surface area contributed by atoms with E-state index in [9.17, 15) is 4.79 Å². The summed E-state index contributed by atoms with van der Waals surface area (Å²) in [6.45, 7) is 9.25. The molecule has 0 bridgehead atoms. The fourth-order valence-electron chi connectivity index (χ4n) is 3.32. The second kappa shape index (κ2) is 8.14. The maximum absolute atomic E-state index is 12.2. The Morgan fingerprint density at radius 2 is 1.82 bits per heavy atom. The normalized spacial score (nSPS) is 23.1. The van der Waals surface area contributed by atoms with Gasteiger partial charge in [-0.1, -0.05) is 49.4 Å². The van der Waals surface area contributed by atoms with E-state index in [1.165, 1.54) is 5.56 Å². The topological polar surface area (TPSA) is 23.6 Å². The van der Waals surface area contributed by atoms with Crippen LogP contribution in [0, 0.1) is 0 Å². The molecule has 0 aliphatic carbocycles. The summed E-state index contributed by atoms with van der Waals surface area (Å²) in [5, 5.41) is 0. The van der Waals surface area contributed by atoms with Gasteiger partial charge in [0.15, 0.2) is 0 Å². The third-order valence-corrected chi connectivity index (χ3v) is 4.22. The number of rotatable bonds is 5. The smallest absolute Gasteiger partial charge is 0.223 e. The third-order valence-electron chi connectivity index (χ3n) is 4.22. The molecule has 2 rings (SSSR count). The first-order chi connectivity index (χ1) is 10.6. The first-order valence-corrected chi connectivity index (χ1v) is 8.37. The predicted octanol–water partition coefficient (Wildman–Crippen LogP) is 3.42. The fraction of sp³-hybridized carbons (Fsp3) is 0.526. The summed E-state index contributed by atoms with van der Waals surface area (Å²) in [5.41, 5.74) is 1.24. The van der Waals surface area contributed by atoms with E-state index in [1.54, 1.807) is 0 Å². The first-order valence-electron chi connectivity index (χ1n) is 8.37. The van der Waals surface area contributed by atoms with E-state index in [2.05, 4.69) is 67.0 Å². The summed E-state index contributed by atoms with van der Waals surface area (Å²) in [7, 11) is 0. The van der Waals surface area contributed by atoms with E-state index in [0.717, 1.165) is 26.1 Å². The number of piperazine rings is 1. The van der Waals surface area contributed by atoms with Crippen molar-refractivity contribution >= 4 is 12.0 Å². The lowest BCUT2D eigenvalue weighted by molar-refractivity contribution is -0.138. The molecule has 0 radical (unpaired) electrons. The van der Waals surface area contributed by atoms with Gasteiger partial charge in [-0.15, -0.1) is 0 Å². The lowest BCUT2D eigenvalue weighted by atomic mass is 10.1. The van der Waals surface area contributed by atoms with Crippen LogP contribution in [0.4, 0.5) is 0 Å². The standard InChI is InChI=1S/C19H28N2O/c1-4-9-19(22)21-16(2)14-20(15-17(21)3)13-8-12-18-10-6-5-7-11-18/h5-8,10-12,16-17H,4,9,13-15H2,1-3H3/b12-8+. The quantitative estimate of drug-likeness (QED) is 0.832. The summed E-state index contributed by atoms with van der Waals surface area (Å²) in [6.07, 6.45) is 5.99. The highest BCUT2D eigenvalue weighted by Gasteiger charge is 2.31. The number of carbonyl (C=O) groups excluding carboxylic acids is 1. The highest BCUT2D eigenvalue weighted by molar-refractivity contribution is 5.77. The maximum Gasteiger partial charge on any atom is 0.223 e. The second-order valence-electron chi connectivity index (χ2n) is 6.28. The van der Waals surface area contributed by atoms with Crippen LogP contribution in [-0.2, 0) is 4.79 Å². The Labute approximate surface area is 134 Å². The highest BCUT2D eigenvalue weighted by Crippen LogP contribution is 2.17. The summed E-state index contributed by atoms with van der Waals surface area (Å²) in [5.74, 6) is 0.307. The molecule has 3 nitrogen and oxygen atoms in total. The number of hydrogen-bond donors (Lipinski definition) is 0. The van der Waals surface area contributed by atoms with E-state index < -0.39 is 0 Å². The van der Waals surface area contributed by atoms with Crippen molar-refractivity contribution in [1.29, 1.82) is 0 Å². The Morgan fingerprint density at radius 1 is 1.18 bits per heavy atom. The van der Waals surface area contributed by atoms with Gasteiger partial charge in [0.25, 0.3) is 0 Å².